The summed E-state index contributed by atoms with van der Waals surface area (Å²) in [6.45, 7) is 4.74. The largest absolute Gasteiger partial charge is 0.466 e. The van der Waals surface area contributed by atoms with E-state index >= 15 is 0 Å². The number of ether oxygens (including phenoxy) is 2. The van der Waals surface area contributed by atoms with E-state index in [1.54, 1.807) is 19.3 Å². The van der Waals surface area contributed by atoms with E-state index in [1.807, 2.05) is 4.90 Å². The van der Waals surface area contributed by atoms with Gasteiger partial charge in [0.1, 0.15) is 0 Å². The fourth-order valence-corrected chi connectivity index (χ4v) is 2.33. The molecule has 0 fully saturated rings. The molecule has 0 aromatic carbocycles. The van der Waals surface area contributed by atoms with Gasteiger partial charge >= 0.3 is 11.9 Å². The monoisotopic (exact) mass is 295 g/mol. The van der Waals surface area contributed by atoms with Crippen molar-refractivity contribution >= 4 is 11.9 Å². The second kappa shape index (κ2) is 8.49. The average Bonchev–Trinajstić information content (AvgIpc) is 2.51. The fraction of sp³-hybridized carbons (Fsp3) is 0.625. The lowest BCUT2D eigenvalue weighted by Gasteiger charge is -2.27. The molecule has 0 aliphatic carbocycles. The number of carbonyl (C=O) groups is 2. The molecule has 5 nitrogen and oxygen atoms in total. The summed E-state index contributed by atoms with van der Waals surface area (Å²) < 4.78 is 9.60. The number of hydrogen-bond donors (Lipinski definition) is 0. The van der Waals surface area contributed by atoms with Crippen LogP contribution in [0.3, 0.4) is 0 Å². The zero-order valence-electron chi connectivity index (χ0n) is 13.3. The summed E-state index contributed by atoms with van der Waals surface area (Å²) in [6.07, 6.45) is 8.04. The zero-order valence-corrected chi connectivity index (χ0v) is 13.3. The highest BCUT2D eigenvalue weighted by molar-refractivity contribution is 5.96. The Balaban J connectivity index is 2.87. The maximum absolute atomic E-state index is 11.9. The molecule has 0 saturated heterocycles. The molecule has 0 unspecified atom stereocenters. The van der Waals surface area contributed by atoms with Crippen molar-refractivity contribution in [2.75, 3.05) is 20.8 Å². The summed E-state index contributed by atoms with van der Waals surface area (Å²) in [7, 11) is 2.69. The standard InChI is InChI=1S/C16H25NO4/c1-5-6-7-8-9-17-10-13(15(18)20-3)12(2)14(11-17)16(19)21-4/h10-12H,5-9H2,1-4H3. The fourth-order valence-electron chi connectivity index (χ4n) is 2.33. The molecular formula is C16H25NO4. The van der Waals surface area contributed by atoms with Gasteiger partial charge in [-0.1, -0.05) is 33.1 Å². The van der Waals surface area contributed by atoms with Gasteiger partial charge in [0.15, 0.2) is 0 Å². The normalized spacial score (nSPS) is 15.3. The molecule has 1 aliphatic rings. The smallest absolute Gasteiger partial charge is 0.335 e. The number of rotatable bonds is 7. The van der Waals surface area contributed by atoms with Gasteiger partial charge in [-0.25, -0.2) is 9.59 Å². The van der Waals surface area contributed by atoms with Gasteiger partial charge in [-0.05, 0) is 6.42 Å². The molecule has 0 N–H and O–H groups in total. The molecule has 1 heterocycles. The molecule has 0 radical (unpaired) electrons. The summed E-state index contributed by atoms with van der Waals surface area (Å²) in [5, 5.41) is 0. The summed E-state index contributed by atoms with van der Waals surface area (Å²) in [5.74, 6) is -1.14. The van der Waals surface area contributed by atoms with Crippen LogP contribution in [0.25, 0.3) is 0 Å². The molecule has 0 spiro atoms. The SMILES string of the molecule is CCCCCCN1C=C(C(=O)OC)C(C)C(C(=O)OC)=C1. The summed E-state index contributed by atoms with van der Waals surface area (Å²) in [6, 6.07) is 0. The third kappa shape index (κ3) is 4.62. The maximum atomic E-state index is 11.9. The molecule has 0 atom stereocenters. The molecule has 0 saturated carbocycles. The average molecular weight is 295 g/mol. The van der Waals surface area contributed by atoms with Crippen molar-refractivity contribution in [1.82, 2.24) is 4.90 Å². The molecule has 21 heavy (non-hydrogen) atoms. The van der Waals surface area contributed by atoms with Crippen LogP contribution in [0.5, 0.6) is 0 Å². The van der Waals surface area contributed by atoms with Crippen molar-refractivity contribution < 1.29 is 19.1 Å². The third-order valence-corrected chi connectivity index (χ3v) is 3.65. The van der Waals surface area contributed by atoms with Gasteiger partial charge in [-0.3, -0.25) is 0 Å². The quantitative estimate of drug-likeness (QED) is 0.534. The van der Waals surface area contributed by atoms with Crippen LogP contribution in [-0.2, 0) is 19.1 Å². The van der Waals surface area contributed by atoms with Crippen molar-refractivity contribution in [3.63, 3.8) is 0 Å². The Labute approximate surface area is 126 Å². The van der Waals surface area contributed by atoms with Gasteiger partial charge in [0.2, 0.25) is 0 Å². The first-order chi connectivity index (χ1) is 10.0. The number of hydrogen-bond acceptors (Lipinski definition) is 5. The van der Waals surface area contributed by atoms with E-state index in [9.17, 15) is 9.59 Å². The van der Waals surface area contributed by atoms with Crippen LogP contribution in [0.15, 0.2) is 23.5 Å². The minimum absolute atomic E-state index is 0.322. The molecule has 0 amide bonds. The van der Waals surface area contributed by atoms with Gasteiger partial charge in [-0.15, -0.1) is 0 Å². The van der Waals surface area contributed by atoms with Crippen molar-refractivity contribution in [3.8, 4) is 0 Å². The Morgan fingerprint density at radius 1 is 1.05 bits per heavy atom. The Kier molecular flexibility index (Phi) is 6.99. The van der Waals surface area contributed by atoms with Crippen LogP contribution >= 0.6 is 0 Å². The Morgan fingerprint density at radius 3 is 2.00 bits per heavy atom. The van der Waals surface area contributed by atoms with Crippen molar-refractivity contribution in [1.29, 1.82) is 0 Å². The van der Waals surface area contributed by atoms with Crippen LogP contribution in [0.4, 0.5) is 0 Å². The second-order valence-corrected chi connectivity index (χ2v) is 5.17. The highest BCUT2D eigenvalue weighted by Gasteiger charge is 2.30. The first kappa shape index (κ1) is 17.3. The van der Waals surface area contributed by atoms with E-state index in [4.69, 9.17) is 9.47 Å². The predicted octanol–water partition coefficient (Wildman–Crippen LogP) is 2.63. The van der Waals surface area contributed by atoms with Crippen molar-refractivity contribution in [2.45, 2.75) is 39.5 Å². The van der Waals surface area contributed by atoms with Crippen molar-refractivity contribution in [2.24, 2.45) is 5.92 Å². The Hall–Kier alpha value is -1.78. The van der Waals surface area contributed by atoms with Gasteiger partial charge in [0.05, 0.1) is 25.4 Å². The predicted molar refractivity (Wildman–Crippen MR) is 80.2 cm³/mol. The van der Waals surface area contributed by atoms with Crippen molar-refractivity contribution in [3.05, 3.63) is 23.5 Å². The molecular weight excluding hydrogens is 270 g/mol. The van der Waals surface area contributed by atoms with E-state index in [2.05, 4.69) is 6.92 Å². The minimum atomic E-state index is -0.407. The summed E-state index contributed by atoms with van der Waals surface area (Å²) in [5.41, 5.74) is 0.965. The first-order valence-electron chi connectivity index (χ1n) is 7.40. The van der Waals surface area contributed by atoms with Gasteiger partial charge in [-0.2, -0.15) is 0 Å². The topological polar surface area (TPSA) is 55.8 Å². The molecule has 0 aromatic heterocycles. The number of esters is 2. The number of nitrogens with zero attached hydrogens (tertiary/aromatic N) is 1. The second-order valence-electron chi connectivity index (χ2n) is 5.17. The van der Waals surface area contributed by atoms with Crippen LogP contribution in [0.2, 0.25) is 0 Å². The van der Waals surface area contributed by atoms with Crippen LogP contribution < -0.4 is 0 Å². The van der Waals surface area contributed by atoms with E-state index in [0.29, 0.717) is 11.1 Å². The molecule has 118 valence electrons. The lowest BCUT2D eigenvalue weighted by Crippen LogP contribution is -2.28. The molecule has 0 aromatic rings. The van der Waals surface area contributed by atoms with Crippen LogP contribution in [0, 0.1) is 5.92 Å². The highest BCUT2D eigenvalue weighted by Crippen LogP contribution is 2.28. The van der Waals surface area contributed by atoms with Gasteiger partial charge < -0.3 is 14.4 Å². The van der Waals surface area contributed by atoms with Gasteiger partial charge in [0, 0.05) is 24.9 Å². The van der Waals surface area contributed by atoms with E-state index in [-0.39, 0.29) is 5.92 Å². The molecule has 1 rings (SSSR count). The lowest BCUT2D eigenvalue weighted by molar-refractivity contribution is -0.137. The maximum Gasteiger partial charge on any atom is 0.335 e. The zero-order chi connectivity index (χ0) is 15.8. The first-order valence-corrected chi connectivity index (χ1v) is 7.40. The molecule has 1 aliphatic heterocycles. The Bertz CT molecular complexity index is 406. The van der Waals surface area contributed by atoms with E-state index in [0.717, 1.165) is 19.4 Å². The lowest BCUT2D eigenvalue weighted by atomic mass is 9.91. The summed E-state index contributed by atoms with van der Waals surface area (Å²) in [4.78, 5) is 25.6. The number of unbranched alkanes of at least 4 members (excludes halogenated alkanes) is 3. The van der Waals surface area contributed by atoms with Gasteiger partial charge in [0.25, 0.3) is 0 Å². The van der Waals surface area contributed by atoms with Crippen LogP contribution in [0.1, 0.15) is 39.5 Å². The minimum Gasteiger partial charge on any atom is -0.466 e. The summed E-state index contributed by atoms with van der Waals surface area (Å²) >= 11 is 0. The van der Waals surface area contributed by atoms with Crippen LogP contribution in [-0.4, -0.2) is 37.6 Å². The van der Waals surface area contributed by atoms with E-state index < -0.39 is 11.9 Å². The third-order valence-electron chi connectivity index (χ3n) is 3.65. The molecule has 0 bridgehead atoms. The molecule has 5 heteroatoms. The highest BCUT2D eigenvalue weighted by atomic mass is 16.5. The number of carbonyl (C=O) groups excluding carboxylic acids is 2. The van der Waals surface area contributed by atoms with E-state index in [1.165, 1.54) is 27.1 Å². The number of methoxy groups -OCH3 is 2. The Morgan fingerprint density at radius 2 is 1.57 bits per heavy atom.